The van der Waals surface area contributed by atoms with Crippen LogP contribution in [0.2, 0.25) is 0 Å². The third-order valence-electron chi connectivity index (χ3n) is 5.52. The van der Waals surface area contributed by atoms with Gasteiger partial charge in [-0.25, -0.2) is 0 Å². The summed E-state index contributed by atoms with van der Waals surface area (Å²) in [7, 11) is 0. The molecule has 2 saturated carbocycles. The molecule has 0 radical (unpaired) electrons. The highest BCUT2D eigenvalue weighted by Crippen LogP contribution is 2.42. The lowest BCUT2D eigenvalue weighted by atomic mass is 9.68. The molecular weight excluding hydrogens is 224 g/mol. The highest BCUT2D eigenvalue weighted by Gasteiger charge is 2.30. The third-order valence-corrected chi connectivity index (χ3v) is 5.52. The van der Waals surface area contributed by atoms with Crippen molar-refractivity contribution in [3.8, 4) is 0 Å². The Morgan fingerprint density at radius 1 is 0.556 bits per heavy atom. The van der Waals surface area contributed by atoms with E-state index >= 15 is 0 Å². The zero-order chi connectivity index (χ0) is 12.8. The van der Waals surface area contributed by atoms with Crippen molar-refractivity contribution in [1.29, 1.82) is 0 Å². The van der Waals surface area contributed by atoms with Gasteiger partial charge in [-0.15, -0.1) is 0 Å². The van der Waals surface area contributed by atoms with Crippen LogP contribution in [0.25, 0.3) is 0 Å². The van der Waals surface area contributed by atoms with Gasteiger partial charge in [-0.1, -0.05) is 25.7 Å². The summed E-state index contributed by atoms with van der Waals surface area (Å²) >= 11 is 0. The molecule has 2 aliphatic rings. The van der Waals surface area contributed by atoms with Crippen molar-refractivity contribution in [3.05, 3.63) is 0 Å². The molecule has 2 nitrogen and oxygen atoms in total. The lowest BCUT2D eigenvalue weighted by Crippen LogP contribution is -2.26. The fourth-order valence-electron chi connectivity index (χ4n) is 4.26. The summed E-state index contributed by atoms with van der Waals surface area (Å²) in [6.45, 7) is 0.753. The molecule has 0 amide bonds. The van der Waals surface area contributed by atoms with Crippen LogP contribution in [-0.2, 0) is 0 Å². The summed E-state index contributed by atoms with van der Waals surface area (Å²) in [5.74, 6) is 3.54. The van der Waals surface area contributed by atoms with E-state index in [0.29, 0.717) is 13.2 Å². The molecule has 0 bridgehead atoms. The third kappa shape index (κ3) is 3.96. The first-order valence-electron chi connectivity index (χ1n) is 8.05. The van der Waals surface area contributed by atoms with Gasteiger partial charge in [-0.05, 0) is 62.2 Å². The second-order valence-corrected chi connectivity index (χ2v) is 6.59. The van der Waals surface area contributed by atoms with Gasteiger partial charge in [-0.3, -0.25) is 0 Å². The molecule has 106 valence electrons. The first-order valence-corrected chi connectivity index (χ1v) is 8.05. The van der Waals surface area contributed by atoms with Crippen LogP contribution in [0.15, 0.2) is 0 Å². The molecule has 0 unspecified atom stereocenters. The number of hydrogen-bond donors (Lipinski definition) is 2. The van der Waals surface area contributed by atoms with Crippen molar-refractivity contribution in [1.82, 2.24) is 0 Å². The van der Waals surface area contributed by atoms with E-state index in [1.54, 1.807) is 0 Å². The first kappa shape index (κ1) is 14.3. The molecule has 2 aliphatic carbocycles. The summed E-state index contributed by atoms with van der Waals surface area (Å²) in [6, 6.07) is 0. The van der Waals surface area contributed by atoms with E-state index in [4.69, 9.17) is 10.2 Å². The van der Waals surface area contributed by atoms with Crippen molar-refractivity contribution in [2.24, 2.45) is 23.7 Å². The van der Waals surface area contributed by atoms with Crippen LogP contribution in [0.5, 0.6) is 0 Å². The SMILES string of the molecule is OCCC1CCC(C2CCC(CCO)CC2)CC1. The Morgan fingerprint density at radius 3 is 1.17 bits per heavy atom. The van der Waals surface area contributed by atoms with E-state index in [0.717, 1.165) is 36.5 Å². The average Bonchev–Trinajstić information content (AvgIpc) is 2.41. The lowest BCUT2D eigenvalue weighted by molar-refractivity contribution is 0.125. The lowest BCUT2D eigenvalue weighted by Gasteiger charge is -2.37. The predicted octanol–water partition coefficient (Wildman–Crippen LogP) is 3.36. The van der Waals surface area contributed by atoms with Gasteiger partial charge < -0.3 is 10.2 Å². The summed E-state index contributed by atoms with van der Waals surface area (Å²) < 4.78 is 0. The molecule has 2 N–H and O–H groups in total. The Hall–Kier alpha value is -0.0800. The monoisotopic (exact) mass is 254 g/mol. The number of aliphatic hydroxyl groups excluding tert-OH is 2. The highest BCUT2D eigenvalue weighted by atomic mass is 16.3. The van der Waals surface area contributed by atoms with Gasteiger partial charge in [-0.2, -0.15) is 0 Å². The van der Waals surface area contributed by atoms with Gasteiger partial charge in [0.25, 0.3) is 0 Å². The van der Waals surface area contributed by atoms with Gasteiger partial charge in [0.1, 0.15) is 0 Å². The van der Waals surface area contributed by atoms with Crippen LogP contribution in [0, 0.1) is 23.7 Å². The minimum Gasteiger partial charge on any atom is -0.396 e. The molecule has 0 aliphatic heterocycles. The van der Waals surface area contributed by atoms with Gasteiger partial charge in [0, 0.05) is 13.2 Å². The van der Waals surface area contributed by atoms with Crippen LogP contribution in [0.1, 0.15) is 64.2 Å². The normalized spacial score (nSPS) is 37.7. The second-order valence-electron chi connectivity index (χ2n) is 6.59. The Labute approximate surface area is 112 Å². The van der Waals surface area contributed by atoms with Crippen molar-refractivity contribution < 1.29 is 10.2 Å². The van der Waals surface area contributed by atoms with Crippen LogP contribution >= 0.6 is 0 Å². The molecule has 0 saturated heterocycles. The van der Waals surface area contributed by atoms with Gasteiger partial charge in [0.05, 0.1) is 0 Å². The predicted molar refractivity (Wildman–Crippen MR) is 74.3 cm³/mol. The molecule has 0 spiro atoms. The largest absolute Gasteiger partial charge is 0.396 e. The summed E-state index contributed by atoms with van der Waals surface area (Å²) in [4.78, 5) is 0. The Kier molecular flexibility index (Phi) is 5.97. The van der Waals surface area contributed by atoms with Crippen LogP contribution in [0.3, 0.4) is 0 Å². The maximum absolute atomic E-state index is 8.99. The molecule has 2 heteroatoms. The maximum atomic E-state index is 8.99. The summed E-state index contributed by atoms with van der Waals surface area (Å²) in [5, 5.41) is 18.0. The molecule has 0 atom stereocenters. The minimum absolute atomic E-state index is 0.377. The second kappa shape index (κ2) is 7.49. The summed E-state index contributed by atoms with van der Waals surface area (Å²) in [5.41, 5.74) is 0. The van der Waals surface area contributed by atoms with E-state index in [1.165, 1.54) is 51.4 Å². The smallest absolute Gasteiger partial charge is 0.0433 e. The van der Waals surface area contributed by atoms with Gasteiger partial charge in [0.15, 0.2) is 0 Å². The zero-order valence-electron chi connectivity index (χ0n) is 11.7. The first-order chi connectivity index (χ1) is 8.83. The quantitative estimate of drug-likeness (QED) is 0.790. The number of hydrogen-bond acceptors (Lipinski definition) is 2. The zero-order valence-corrected chi connectivity index (χ0v) is 11.7. The Morgan fingerprint density at radius 2 is 0.889 bits per heavy atom. The molecule has 0 aromatic carbocycles. The van der Waals surface area contributed by atoms with Crippen molar-refractivity contribution in [3.63, 3.8) is 0 Å². The molecule has 0 heterocycles. The standard InChI is InChI=1S/C16H30O2/c17-11-9-13-1-5-15(6-2-13)16-7-3-14(4-8-16)10-12-18/h13-18H,1-12H2. The van der Waals surface area contributed by atoms with Gasteiger partial charge in [0.2, 0.25) is 0 Å². The average molecular weight is 254 g/mol. The minimum atomic E-state index is 0.377. The van der Waals surface area contributed by atoms with E-state index in [1.807, 2.05) is 0 Å². The Balaban J connectivity index is 1.68. The fourth-order valence-corrected chi connectivity index (χ4v) is 4.26. The van der Waals surface area contributed by atoms with Crippen LogP contribution in [0.4, 0.5) is 0 Å². The Bertz CT molecular complexity index is 189. The molecule has 2 fully saturated rings. The number of aliphatic hydroxyl groups is 2. The maximum Gasteiger partial charge on any atom is 0.0433 e. The molecular formula is C16H30O2. The van der Waals surface area contributed by atoms with Crippen molar-refractivity contribution in [2.45, 2.75) is 64.2 Å². The molecule has 2 rings (SSSR count). The fraction of sp³-hybridized carbons (Fsp3) is 1.00. The molecule has 18 heavy (non-hydrogen) atoms. The molecule has 0 aromatic heterocycles. The topological polar surface area (TPSA) is 40.5 Å². The van der Waals surface area contributed by atoms with Gasteiger partial charge >= 0.3 is 0 Å². The van der Waals surface area contributed by atoms with Crippen LogP contribution < -0.4 is 0 Å². The highest BCUT2D eigenvalue weighted by molar-refractivity contribution is 4.81. The summed E-state index contributed by atoms with van der Waals surface area (Å²) in [6.07, 6.45) is 13.1. The van der Waals surface area contributed by atoms with Crippen molar-refractivity contribution in [2.75, 3.05) is 13.2 Å². The van der Waals surface area contributed by atoms with E-state index in [2.05, 4.69) is 0 Å². The van der Waals surface area contributed by atoms with Crippen molar-refractivity contribution >= 4 is 0 Å². The van der Waals surface area contributed by atoms with E-state index in [9.17, 15) is 0 Å². The van der Waals surface area contributed by atoms with E-state index < -0.39 is 0 Å². The van der Waals surface area contributed by atoms with E-state index in [-0.39, 0.29) is 0 Å². The van der Waals surface area contributed by atoms with Crippen LogP contribution in [-0.4, -0.2) is 23.4 Å². The number of rotatable bonds is 5. The molecule has 0 aromatic rings.